The first-order chi connectivity index (χ1) is 8.86. The highest BCUT2D eigenvalue weighted by Crippen LogP contribution is 2.28. The quantitative estimate of drug-likeness (QED) is 0.799. The van der Waals surface area contributed by atoms with Gasteiger partial charge in [-0.2, -0.15) is 0 Å². The number of rotatable bonds is 7. The maximum Gasteiger partial charge on any atom is 0.0588 e. The van der Waals surface area contributed by atoms with E-state index in [1.54, 1.807) is 0 Å². The van der Waals surface area contributed by atoms with Crippen LogP contribution in [0.15, 0.2) is 18.3 Å². The van der Waals surface area contributed by atoms with Gasteiger partial charge in [0.25, 0.3) is 0 Å². The molecule has 3 heteroatoms. The molecule has 0 aliphatic heterocycles. The Kier molecular flexibility index (Phi) is 3.62. The summed E-state index contributed by atoms with van der Waals surface area (Å²) in [5, 5.41) is 3.59. The summed E-state index contributed by atoms with van der Waals surface area (Å²) in [5.74, 6) is 0. The van der Waals surface area contributed by atoms with Crippen LogP contribution >= 0.6 is 0 Å². The zero-order valence-electron chi connectivity index (χ0n) is 11.2. The van der Waals surface area contributed by atoms with Crippen molar-refractivity contribution in [1.82, 2.24) is 15.2 Å². The summed E-state index contributed by atoms with van der Waals surface area (Å²) in [5.41, 5.74) is 2.64. The van der Waals surface area contributed by atoms with Crippen molar-refractivity contribution in [2.24, 2.45) is 0 Å². The average molecular weight is 245 g/mol. The van der Waals surface area contributed by atoms with Crippen LogP contribution in [0.1, 0.15) is 43.9 Å². The van der Waals surface area contributed by atoms with E-state index in [4.69, 9.17) is 0 Å². The van der Waals surface area contributed by atoms with Gasteiger partial charge in [0.1, 0.15) is 0 Å². The Morgan fingerprint density at radius 2 is 2.17 bits per heavy atom. The molecule has 3 nitrogen and oxygen atoms in total. The minimum absolute atomic E-state index is 0.767. The standard InChI is InChI=1S/C15H23N3/c1-2-18(14-7-8-14)11-15-12(4-3-9-16-15)10-17-13-5-6-13/h3-4,9,13-14,17H,2,5-8,10-11H2,1H3. The van der Waals surface area contributed by atoms with E-state index in [-0.39, 0.29) is 0 Å². The molecule has 98 valence electrons. The van der Waals surface area contributed by atoms with Crippen molar-refractivity contribution in [1.29, 1.82) is 0 Å². The lowest BCUT2D eigenvalue weighted by Crippen LogP contribution is -2.27. The van der Waals surface area contributed by atoms with Crippen molar-refractivity contribution in [3.8, 4) is 0 Å². The Morgan fingerprint density at radius 3 is 2.83 bits per heavy atom. The monoisotopic (exact) mass is 245 g/mol. The maximum atomic E-state index is 4.59. The summed E-state index contributed by atoms with van der Waals surface area (Å²) < 4.78 is 0. The van der Waals surface area contributed by atoms with Gasteiger partial charge < -0.3 is 5.32 Å². The zero-order valence-corrected chi connectivity index (χ0v) is 11.2. The third kappa shape index (κ3) is 3.09. The van der Waals surface area contributed by atoms with Gasteiger partial charge in [0.15, 0.2) is 0 Å². The van der Waals surface area contributed by atoms with Crippen molar-refractivity contribution >= 4 is 0 Å². The number of nitrogens with zero attached hydrogens (tertiary/aromatic N) is 2. The third-order valence-electron chi connectivity index (χ3n) is 3.97. The summed E-state index contributed by atoms with van der Waals surface area (Å²) >= 11 is 0. The number of nitrogens with one attached hydrogen (secondary N) is 1. The van der Waals surface area contributed by atoms with Gasteiger partial charge in [0.2, 0.25) is 0 Å². The van der Waals surface area contributed by atoms with E-state index in [0.29, 0.717) is 0 Å². The van der Waals surface area contributed by atoms with Crippen molar-refractivity contribution in [2.75, 3.05) is 6.54 Å². The SMILES string of the molecule is CCN(Cc1ncccc1CNC1CC1)C1CC1. The third-order valence-corrected chi connectivity index (χ3v) is 3.97. The molecule has 2 aliphatic rings. The second-order valence-electron chi connectivity index (χ2n) is 5.56. The van der Waals surface area contributed by atoms with Gasteiger partial charge in [0, 0.05) is 31.4 Å². The molecule has 18 heavy (non-hydrogen) atoms. The van der Waals surface area contributed by atoms with Gasteiger partial charge in [-0.25, -0.2) is 0 Å². The van der Waals surface area contributed by atoms with Crippen LogP contribution in [0.2, 0.25) is 0 Å². The topological polar surface area (TPSA) is 28.2 Å². The zero-order chi connectivity index (χ0) is 12.4. The van der Waals surface area contributed by atoms with Gasteiger partial charge in [-0.1, -0.05) is 13.0 Å². The lowest BCUT2D eigenvalue weighted by atomic mass is 10.1. The fourth-order valence-corrected chi connectivity index (χ4v) is 2.45. The average Bonchev–Trinajstić information content (AvgIpc) is 3.28. The number of aromatic nitrogens is 1. The molecule has 3 rings (SSSR count). The molecule has 2 aliphatic carbocycles. The molecule has 0 amide bonds. The van der Waals surface area contributed by atoms with E-state index in [0.717, 1.165) is 31.7 Å². The first-order valence-corrected chi connectivity index (χ1v) is 7.27. The van der Waals surface area contributed by atoms with E-state index in [1.807, 2.05) is 6.20 Å². The molecule has 1 aromatic rings. The molecule has 2 fully saturated rings. The highest BCUT2D eigenvalue weighted by molar-refractivity contribution is 5.20. The maximum absolute atomic E-state index is 4.59. The summed E-state index contributed by atoms with van der Waals surface area (Å²) in [6, 6.07) is 5.87. The van der Waals surface area contributed by atoms with Crippen LogP contribution in [0, 0.1) is 0 Å². The molecule has 0 unspecified atom stereocenters. The molecule has 0 radical (unpaired) electrons. The first kappa shape index (κ1) is 12.1. The first-order valence-electron chi connectivity index (χ1n) is 7.27. The number of hydrogen-bond donors (Lipinski definition) is 1. The van der Waals surface area contributed by atoms with E-state index in [1.165, 1.54) is 36.9 Å². The van der Waals surface area contributed by atoms with E-state index in [9.17, 15) is 0 Å². The Balaban J connectivity index is 1.64. The fourth-order valence-electron chi connectivity index (χ4n) is 2.45. The highest BCUT2D eigenvalue weighted by atomic mass is 15.2. The van der Waals surface area contributed by atoms with Crippen LogP contribution in [-0.2, 0) is 13.1 Å². The van der Waals surface area contributed by atoms with Crippen LogP contribution in [0.5, 0.6) is 0 Å². The second kappa shape index (κ2) is 5.37. The minimum atomic E-state index is 0.767. The van der Waals surface area contributed by atoms with Crippen LogP contribution in [0.3, 0.4) is 0 Å². The number of pyridine rings is 1. The molecule has 0 aromatic carbocycles. The van der Waals surface area contributed by atoms with Crippen LogP contribution < -0.4 is 5.32 Å². The summed E-state index contributed by atoms with van der Waals surface area (Å²) in [4.78, 5) is 7.15. The van der Waals surface area contributed by atoms with Crippen molar-refractivity contribution in [3.63, 3.8) is 0 Å². The van der Waals surface area contributed by atoms with Crippen LogP contribution in [-0.4, -0.2) is 28.5 Å². The van der Waals surface area contributed by atoms with Gasteiger partial charge >= 0.3 is 0 Å². The van der Waals surface area contributed by atoms with E-state index < -0.39 is 0 Å². The van der Waals surface area contributed by atoms with Crippen molar-refractivity contribution in [2.45, 2.75) is 57.8 Å². The Bertz CT molecular complexity index is 396. The largest absolute Gasteiger partial charge is 0.310 e. The summed E-state index contributed by atoms with van der Waals surface area (Å²) in [7, 11) is 0. The molecule has 1 aromatic heterocycles. The van der Waals surface area contributed by atoms with Crippen molar-refractivity contribution in [3.05, 3.63) is 29.6 Å². The van der Waals surface area contributed by atoms with Crippen molar-refractivity contribution < 1.29 is 0 Å². The summed E-state index contributed by atoms with van der Waals surface area (Å²) in [6.07, 6.45) is 7.36. The van der Waals surface area contributed by atoms with Gasteiger partial charge in [-0.05, 0) is 43.9 Å². The van der Waals surface area contributed by atoms with E-state index in [2.05, 4.69) is 34.3 Å². The molecule has 0 bridgehead atoms. The second-order valence-corrected chi connectivity index (χ2v) is 5.56. The molecule has 0 atom stereocenters. The lowest BCUT2D eigenvalue weighted by Gasteiger charge is -2.20. The van der Waals surface area contributed by atoms with Gasteiger partial charge in [0.05, 0.1) is 5.69 Å². The summed E-state index contributed by atoms with van der Waals surface area (Å²) in [6.45, 7) is 5.39. The van der Waals surface area contributed by atoms with Crippen LogP contribution in [0.4, 0.5) is 0 Å². The predicted octanol–water partition coefficient (Wildman–Crippen LogP) is 2.32. The van der Waals surface area contributed by atoms with Gasteiger partial charge in [-0.3, -0.25) is 9.88 Å². The Hall–Kier alpha value is -0.930. The molecule has 0 spiro atoms. The smallest absolute Gasteiger partial charge is 0.0588 e. The van der Waals surface area contributed by atoms with Gasteiger partial charge in [-0.15, -0.1) is 0 Å². The molecule has 1 heterocycles. The molecular formula is C15H23N3. The molecule has 0 saturated heterocycles. The predicted molar refractivity (Wildman–Crippen MR) is 73.2 cm³/mol. The minimum Gasteiger partial charge on any atom is -0.310 e. The number of hydrogen-bond acceptors (Lipinski definition) is 3. The normalized spacial score (nSPS) is 19.4. The molecule has 2 saturated carbocycles. The molecule has 1 N–H and O–H groups in total. The fraction of sp³-hybridized carbons (Fsp3) is 0.667. The Labute approximate surface area is 110 Å². The van der Waals surface area contributed by atoms with Crippen LogP contribution in [0.25, 0.3) is 0 Å². The molecular weight excluding hydrogens is 222 g/mol. The lowest BCUT2D eigenvalue weighted by molar-refractivity contribution is 0.265. The highest BCUT2D eigenvalue weighted by Gasteiger charge is 2.28. The Morgan fingerprint density at radius 1 is 1.33 bits per heavy atom. The van der Waals surface area contributed by atoms with E-state index >= 15 is 0 Å².